The molecule has 1 fully saturated rings. The maximum atomic E-state index is 15.0. The first-order valence-corrected chi connectivity index (χ1v) is 19.7. The van der Waals surface area contributed by atoms with Crippen LogP contribution < -0.4 is 20.7 Å². The number of ketones is 1. The van der Waals surface area contributed by atoms with Crippen LogP contribution in [0, 0.1) is 11.6 Å². The van der Waals surface area contributed by atoms with Gasteiger partial charge in [0.15, 0.2) is 17.4 Å². The largest absolute Gasteiger partial charge is 0.490 e. The number of rotatable bonds is 28. The smallest absolute Gasteiger partial charge is 0.251 e. The summed E-state index contributed by atoms with van der Waals surface area (Å²) in [5, 5.41) is 9.15. The second kappa shape index (κ2) is 25.1. The number of methoxy groups -OCH3 is 1. The summed E-state index contributed by atoms with van der Waals surface area (Å²) in [6.45, 7) is 6.19. The van der Waals surface area contributed by atoms with Crippen LogP contribution in [0.5, 0.6) is 5.75 Å². The van der Waals surface area contributed by atoms with Crippen LogP contribution in [0.4, 0.5) is 8.78 Å². The van der Waals surface area contributed by atoms with Gasteiger partial charge in [0.05, 0.1) is 98.0 Å². The predicted molar refractivity (Wildman–Crippen MR) is 213 cm³/mol. The minimum Gasteiger partial charge on any atom is -0.490 e. The number of amides is 2. The van der Waals surface area contributed by atoms with Gasteiger partial charge in [0.2, 0.25) is 0 Å². The second-order valence-electron chi connectivity index (χ2n) is 13.5. The molecule has 3 N–H and O–H groups in total. The van der Waals surface area contributed by atoms with Crippen LogP contribution in [0.3, 0.4) is 0 Å². The molecule has 59 heavy (non-hydrogen) atoms. The zero-order valence-corrected chi connectivity index (χ0v) is 33.3. The van der Waals surface area contributed by atoms with Crippen LogP contribution in [0.25, 0.3) is 6.08 Å². The molecule has 16 heteroatoms. The Morgan fingerprint density at radius 3 is 1.68 bits per heavy atom. The monoisotopic (exact) mass is 825 g/mol. The van der Waals surface area contributed by atoms with Crippen LogP contribution >= 0.6 is 0 Å². The highest BCUT2D eigenvalue weighted by molar-refractivity contribution is 6.11. The van der Waals surface area contributed by atoms with Gasteiger partial charge in [-0.05, 0) is 53.9 Å². The summed E-state index contributed by atoms with van der Waals surface area (Å²) in [5.74, 6) is -4.17. The fraction of sp³-hybridized carbons (Fsp3) is 0.465. The van der Waals surface area contributed by atoms with Gasteiger partial charge >= 0.3 is 0 Å². The fourth-order valence-corrected chi connectivity index (χ4v) is 6.22. The number of halogens is 2. The number of carbonyl (C=O) groups is 3. The van der Waals surface area contributed by atoms with Crippen LogP contribution in [-0.2, 0) is 39.6 Å². The Balaban J connectivity index is 0.964. The molecule has 14 nitrogen and oxygen atoms in total. The number of fused-ring (bicyclic) bond motifs is 1. The third-order valence-corrected chi connectivity index (χ3v) is 9.36. The summed E-state index contributed by atoms with van der Waals surface area (Å²) in [6, 6.07) is 12.5. The Morgan fingerprint density at radius 2 is 1.12 bits per heavy atom. The molecule has 0 saturated carbocycles. The van der Waals surface area contributed by atoms with E-state index in [2.05, 4.69) is 22.0 Å². The lowest BCUT2D eigenvalue weighted by atomic mass is 10.00. The molecule has 320 valence electrons. The summed E-state index contributed by atoms with van der Waals surface area (Å²) in [5.41, 5.74) is 2.44. The third kappa shape index (κ3) is 14.5. The van der Waals surface area contributed by atoms with Crippen LogP contribution in [-0.4, -0.2) is 142 Å². The van der Waals surface area contributed by atoms with Crippen molar-refractivity contribution in [3.63, 3.8) is 0 Å². The van der Waals surface area contributed by atoms with E-state index >= 15 is 4.39 Å². The van der Waals surface area contributed by atoms with Crippen molar-refractivity contribution in [1.29, 1.82) is 0 Å². The molecule has 5 rings (SSSR count). The quantitative estimate of drug-likeness (QED) is 0.0725. The summed E-state index contributed by atoms with van der Waals surface area (Å²) < 4.78 is 72.5. The number of allylic oxidation sites excluding steroid dienone is 1. The standard InChI is InChI=1S/C43H53F2N3O11/c1-52-13-14-53-15-16-54-17-18-55-19-20-56-21-22-57-23-24-58-25-26-59-38-12-11-35(44)40(45)39(38)41(49)31-6-8-32(9-7-31)42(50)47-36-28-46-29-37(36)48-43(51)34-10-5-30-3-2-4-33(30)27-34/h2-3,5-12,27,36-37,46H,4,13-26,28-29H2,1H3,(H,47,50)(H,48,51)/t36-,37+/m1/s1. The van der Waals surface area contributed by atoms with Gasteiger partial charge in [-0.1, -0.05) is 30.4 Å². The van der Waals surface area contributed by atoms with E-state index in [0.29, 0.717) is 91.3 Å². The molecule has 3 aromatic carbocycles. The Hall–Kier alpha value is -4.65. The second-order valence-corrected chi connectivity index (χ2v) is 13.5. The molecule has 0 spiro atoms. The highest BCUT2D eigenvalue weighted by Gasteiger charge is 2.31. The molecule has 1 saturated heterocycles. The highest BCUT2D eigenvalue weighted by Crippen LogP contribution is 2.27. The van der Waals surface area contributed by atoms with Gasteiger partial charge in [-0.3, -0.25) is 14.4 Å². The summed E-state index contributed by atoms with van der Waals surface area (Å²) in [7, 11) is 1.62. The van der Waals surface area contributed by atoms with Crippen molar-refractivity contribution >= 4 is 23.7 Å². The van der Waals surface area contributed by atoms with Crippen LogP contribution in [0.1, 0.15) is 47.8 Å². The predicted octanol–water partition coefficient (Wildman–Crippen LogP) is 3.39. The first-order valence-electron chi connectivity index (χ1n) is 19.7. The van der Waals surface area contributed by atoms with E-state index in [-0.39, 0.29) is 48.6 Å². The first-order chi connectivity index (χ1) is 28.9. The number of benzene rings is 3. The van der Waals surface area contributed by atoms with Gasteiger partial charge in [0, 0.05) is 36.9 Å². The summed E-state index contributed by atoms with van der Waals surface area (Å²) in [6.07, 6.45) is 4.86. The maximum absolute atomic E-state index is 15.0. The number of nitrogens with one attached hydrogen (secondary N) is 3. The Kier molecular flexibility index (Phi) is 19.3. The molecule has 1 aliphatic heterocycles. The lowest BCUT2D eigenvalue weighted by Crippen LogP contribution is -2.51. The van der Waals surface area contributed by atoms with Crippen molar-refractivity contribution in [2.75, 3.05) is 113 Å². The molecule has 2 aliphatic rings. The number of hydrogen-bond donors (Lipinski definition) is 3. The number of carbonyl (C=O) groups excluding carboxylic acids is 3. The third-order valence-electron chi connectivity index (χ3n) is 9.36. The van der Waals surface area contributed by atoms with Gasteiger partial charge in [-0.15, -0.1) is 0 Å². The molecular formula is C43H53F2N3O11. The number of hydrogen-bond acceptors (Lipinski definition) is 12. The van der Waals surface area contributed by atoms with Gasteiger partial charge in [-0.25, -0.2) is 8.78 Å². The molecule has 2 amide bonds. The van der Waals surface area contributed by atoms with Gasteiger partial charge < -0.3 is 53.8 Å². The molecule has 0 aromatic heterocycles. The topological polar surface area (TPSA) is 161 Å². The van der Waals surface area contributed by atoms with Crippen LogP contribution in [0.15, 0.2) is 60.7 Å². The average molecular weight is 826 g/mol. The van der Waals surface area contributed by atoms with E-state index in [1.54, 1.807) is 13.2 Å². The lowest BCUT2D eigenvalue weighted by Gasteiger charge is -2.21. The van der Waals surface area contributed by atoms with Crippen molar-refractivity contribution in [2.45, 2.75) is 18.5 Å². The van der Waals surface area contributed by atoms with Crippen molar-refractivity contribution in [1.82, 2.24) is 16.0 Å². The molecule has 1 heterocycles. The van der Waals surface area contributed by atoms with Gasteiger partial charge in [0.1, 0.15) is 17.9 Å². The SMILES string of the molecule is COCCOCCOCCOCCOCCOCCOCCOc1ccc(F)c(F)c1C(=O)c1ccc(C(=O)N[C@@H]2CNC[C@@H]2NC(=O)c2ccc3c(c2)CC=C3)cc1. The zero-order chi connectivity index (χ0) is 41.7. The van der Waals surface area contributed by atoms with Crippen molar-refractivity contribution in [3.8, 4) is 5.75 Å². The summed E-state index contributed by atoms with van der Waals surface area (Å²) in [4.78, 5) is 39.6. The van der Waals surface area contributed by atoms with Crippen LogP contribution in [0.2, 0.25) is 0 Å². The highest BCUT2D eigenvalue weighted by atomic mass is 19.2. The lowest BCUT2D eigenvalue weighted by molar-refractivity contribution is -0.0199. The molecular weight excluding hydrogens is 772 g/mol. The van der Waals surface area contributed by atoms with E-state index < -0.39 is 34.9 Å². The van der Waals surface area contributed by atoms with Crippen molar-refractivity contribution in [3.05, 3.63) is 106 Å². The minimum absolute atomic E-state index is 0.0270. The van der Waals surface area contributed by atoms with E-state index in [9.17, 15) is 18.8 Å². The Morgan fingerprint density at radius 1 is 0.627 bits per heavy atom. The van der Waals surface area contributed by atoms with E-state index in [1.165, 1.54) is 30.3 Å². The molecule has 3 aromatic rings. The summed E-state index contributed by atoms with van der Waals surface area (Å²) >= 11 is 0. The molecule has 0 radical (unpaired) electrons. The zero-order valence-electron chi connectivity index (χ0n) is 33.3. The molecule has 2 atom stereocenters. The number of ether oxygens (including phenoxy) is 8. The average Bonchev–Trinajstić information content (AvgIpc) is 3.91. The maximum Gasteiger partial charge on any atom is 0.251 e. The van der Waals surface area contributed by atoms with Gasteiger partial charge in [-0.2, -0.15) is 0 Å². The normalized spacial score (nSPS) is 15.6. The fourth-order valence-electron chi connectivity index (χ4n) is 6.22. The molecule has 0 unspecified atom stereocenters. The minimum atomic E-state index is -1.35. The van der Waals surface area contributed by atoms with Gasteiger partial charge in [0.25, 0.3) is 11.8 Å². The van der Waals surface area contributed by atoms with Crippen molar-refractivity contribution in [2.24, 2.45) is 0 Å². The van der Waals surface area contributed by atoms with Crippen molar-refractivity contribution < 1.29 is 61.1 Å². The van der Waals surface area contributed by atoms with E-state index in [1.807, 2.05) is 18.2 Å². The Labute approximate surface area is 342 Å². The Bertz CT molecular complexity index is 1830. The first kappa shape index (κ1) is 45.4. The van der Waals surface area contributed by atoms with E-state index in [4.69, 9.17) is 37.9 Å². The molecule has 0 bridgehead atoms. The molecule has 1 aliphatic carbocycles. The van der Waals surface area contributed by atoms with E-state index in [0.717, 1.165) is 23.6 Å².